The normalized spacial score (nSPS) is 11.4. The molecule has 0 saturated carbocycles. The largest absolute Gasteiger partial charge is 0.357 e. The van der Waals surface area contributed by atoms with E-state index in [9.17, 15) is 8.42 Å². The van der Waals surface area contributed by atoms with Crippen molar-refractivity contribution in [1.82, 2.24) is 4.98 Å². The molecule has 0 atom stereocenters. The van der Waals surface area contributed by atoms with Crippen LogP contribution in [-0.2, 0) is 9.05 Å². The highest BCUT2D eigenvalue weighted by molar-refractivity contribution is 8.13. The Morgan fingerprint density at radius 1 is 1.33 bits per heavy atom. The summed E-state index contributed by atoms with van der Waals surface area (Å²) in [5, 5.41) is 0. The molecular formula is C9H13ClN2O2S. The number of hydrogen-bond donors (Lipinski definition) is 0. The highest BCUT2D eigenvalue weighted by Crippen LogP contribution is 2.17. The molecule has 0 spiro atoms. The van der Waals surface area contributed by atoms with E-state index in [0.717, 1.165) is 18.9 Å². The van der Waals surface area contributed by atoms with Gasteiger partial charge in [0.15, 0.2) is 0 Å². The number of hydrogen-bond acceptors (Lipinski definition) is 4. The Labute approximate surface area is 94.3 Å². The summed E-state index contributed by atoms with van der Waals surface area (Å²) in [4.78, 5) is 6.10. The summed E-state index contributed by atoms with van der Waals surface area (Å²) in [7, 11) is 1.51. The van der Waals surface area contributed by atoms with Crippen LogP contribution in [0.3, 0.4) is 0 Å². The molecule has 1 aromatic heterocycles. The molecule has 0 radical (unpaired) electrons. The van der Waals surface area contributed by atoms with E-state index in [0.29, 0.717) is 0 Å². The molecule has 1 rings (SSSR count). The van der Waals surface area contributed by atoms with Crippen molar-refractivity contribution < 1.29 is 8.42 Å². The Balaban J connectivity index is 3.00. The van der Waals surface area contributed by atoms with E-state index in [1.165, 1.54) is 12.3 Å². The third-order valence-electron chi connectivity index (χ3n) is 2.09. The first-order chi connectivity index (χ1) is 6.99. The van der Waals surface area contributed by atoms with Crippen LogP contribution >= 0.6 is 10.7 Å². The van der Waals surface area contributed by atoms with Crippen LogP contribution < -0.4 is 4.90 Å². The van der Waals surface area contributed by atoms with Gasteiger partial charge in [-0.3, -0.25) is 0 Å². The van der Waals surface area contributed by atoms with Gasteiger partial charge in [-0.1, -0.05) is 0 Å². The molecular weight excluding hydrogens is 236 g/mol. The summed E-state index contributed by atoms with van der Waals surface area (Å²) in [5.74, 6) is 0.754. The molecule has 84 valence electrons. The van der Waals surface area contributed by atoms with Gasteiger partial charge in [0.25, 0.3) is 9.05 Å². The molecule has 0 fully saturated rings. The molecule has 1 heterocycles. The topological polar surface area (TPSA) is 50.3 Å². The molecule has 0 unspecified atom stereocenters. The average Bonchev–Trinajstić information content (AvgIpc) is 2.19. The van der Waals surface area contributed by atoms with Gasteiger partial charge in [-0.25, -0.2) is 13.4 Å². The Bertz CT molecular complexity index is 412. The zero-order valence-electron chi connectivity index (χ0n) is 8.64. The number of pyridine rings is 1. The van der Waals surface area contributed by atoms with Gasteiger partial charge < -0.3 is 4.90 Å². The third kappa shape index (κ3) is 3.07. The van der Waals surface area contributed by atoms with Crippen LogP contribution in [0.15, 0.2) is 23.2 Å². The lowest BCUT2D eigenvalue weighted by atomic mass is 10.4. The monoisotopic (exact) mass is 248 g/mol. The van der Waals surface area contributed by atoms with Gasteiger partial charge in [-0.2, -0.15) is 0 Å². The van der Waals surface area contributed by atoms with Crippen molar-refractivity contribution >= 4 is 25.6 Å². The quantitative estimate of drug-likeness (QED) is 0.764. The summed E-state index contributed by atoms with van der Waals surface area (Å²) in [6.07, 6.45) is 1.27. The van der Waals surface area contributed by atoms with Gasteiger partial charge in [0.1, 0.15) is 10.7 Å². The molecule has 4 nitrogen and oxygen atoms in total. The Hall–Kier alpha value is -0.810. The van der Waals surface area contributed by atoms with E-state index in [-0.39, 0.29) is 4.90 Å². The Morgan fingerprint density at radius 2 is 1.93 bits per heavy atom. The first-order valence-electron chi connectivity index (χ1n) is 4.64. The molecule has 6 heteroatoms. The van der Waals surface area contributed by atoms with Crippen LogP contribution in [0.5, 0.6) is 0 Å². The van der Waals surface area contributed by atoms with Crippen molar-refractivity contribution in [3.63, 3.8) is 0 Å². The van der Waals surface area contributed by atoms with Crippen molar-refractivity contribution in [2.75, 3.05) is 18.0 Å². The molecule has 0 bridgehead atoms. The second-order valence-electron chi connectivity index (χ2n) is 2.96. The van der Waals surface area contributed by atoms with Gasteiger partial charge in [0.05, 0.1) is 0 Å². The molecule has 0 saturated heterocycles. The zero-order valence-corrected chi connectivity index (χ0v) is 10.2. The minimum Gasteiger partial charge on any atom is -0.357 e. The van der Waals surface area contributed by atoms with Crippen molar-refractivity contribution in [2.45, 2.75) is 18.7 Å². The molecule has 15 heavy (non-hydrogen) atoms. The van der Waals surface area contributed by atoms with E-state index in [4.69, 9.17) is 10.7 Å². The smallest absolute Gasteiger partial charge is 0.262 e. The Morgan fingerprint density at radius 3 is 2.27 bits per heavy atom. The lowest BCUT2D eigenvalue weighted by Crippen LogP contribution is -2.22. The second kappa shape index (κ2) is 4.81. The molecule has 0 aliphatic rings. The standard InChI is InChI=1S/C9H13ClN2O2S/c1-3-12(4-2)9-6-5-8(7-11-9)15(10,13)14/h5-7H,3-4H2,1-2H3. The van der Waals surface area contributed by atoms with Crippen molar-refractivity contribution in [3.8, 4) is 0 Å². The summed E-state index contributed by atoms with van der Waals surface area (Å²) >= 11 is 0. The third-order valence-corrected chi connectivity index (χ3v) is 3.43. The predicted molar refractivity (Wildman–Crippen MR) is 60.8 cm³/mol. The highest BCUT2D eigenvalue weighted by atomic mass is 35.7. The van der Waals surface area contributed by atoms with Crippen molar-refractivity contribution in [2.24, 2.45) is 0 Å². The van der Waals surface area contributed by atoms with Gasteiger partial charge in [0, 0.05) is 30.0 Å². The van der Waals surface area contributed by atoms with Gasteiger partial charge in [-0.05, 0) is 26.0 Å². The van der Waals surface area contributed by atoms with Gasteiger partial charge in [-0.15, -0.1) is 0 Å². The lowest BCUT2D eigenvalue weighted by molar-refractivity contribution is 0.609. The molecule has 1 aromatic rings. The van der Waals surface area contributed by atoms with Crippen molar-refractivity contribution in [1.29, 1.82) is 0 Å². The Kier molecular flexibility index (Phi) is 3.93. The first-order valence-corrected chi connectivity index (χ1v) is 6.95. The van der Waals surface area contributed by atoms with E-state index in [1.807, 2.05) is 18.7 Å². The fourth-order valence-electron chi connectivity index (χ4n) is 1.25. The van der Waals surface area contributed by atoms with Crippen LogP contribution in [0.2, 0.25) is 0 Å². The zero-order chi connectivity index (χ0) is 11.5. The summed E-state index contributed by atoms with van der Waals surface area (Å²) in [5.41, 5.74) is 0. The molecule has 0 aliphatic heterocycles. The number of halogens is 1. The second-order valence-corrected chi connectivity index (χ2v) is 5.53. The highest BCUT2D eigenvalue weighted by Gasteiger charge is 2.11. The maximum Gasteiger partial charge on any atom is 0.262 e. The van der Waals surface area contributed by atoms with Gasteiger partial charge in [0.2, 0.25) is 0 Å². The fourth-order valence-corrected chi connectivity index (χ4v) is 1.93. The minimum atomic E-state index is -3.67. The van der Waals surface area contributed by atoms with Crippen LogP contribution in [-0.4, -0.2) is 26.5 Å². The van der Waals surface area contributed by atoms with Gasteiger partial charge >= 0.3 is 0 Å². The van der Waals surface area contributed by atoms with Crippen LogP contribution in [0.4, 0.5) is 5.82 Å². The van der Waals surface area contributed by atoms with E-state index in [1.54, 1.807) is 6.07 Å². The molecule has 0 aliphatic carbocycles. The maximum absolute atomic E-state index is 11.0. The molecule has 0 amide bonds. The summed E-state index contributed by atoms with van der Waals surface area (Å²) in [6, 6.07) is 3.12. The lowest BCUT2D eigenvalue weighted by Gasteiger charge is -2.19. The SMILES string of the molecule is CCN(CC)c1ccc(S(=O)(=O)Cl)cn1. The number of nitrogens with zero attached hydrogens (tertiary/aromatic N) is 2. The maximum atomic E-state index is 11.0. The molecule has 0 N–H and O–H groups in total. The van der Waals surface area contributed by atoms with Crippen molar-refractivity contribution in [3.05, 3.63) is 18.3 Å². The molecule has 0 aromatic carbocycles. The fraction of sp³-hybridized carbons (Fsp3) is 0.444. The van der Waals surface area contributed by atoms with E-state index in [2.05, 4.69) is 4.98 Å². The first kappa shape index (κ1) is 12.3. The minimum absolute atomic E-state index is 0.0278. The van der Waals surface area contributed by atoms with E-state index >= 15 is 0 Å². The predicted octanol–water partition coefficient (Wildman–Crippen LogP) is 1.86. The summed E-state index contributed by atoms with van der Waals surface area (Å²) < 4.78 is 21.9. The summed E-state index contributed by atoms with van der Waals surface area (Å²) in [6.45, 7) is 5.68. The van der Waals surface area contributed by atoms with Crippen LogP contribution in [0.25, 0.3) is 0 Å². The average molecular weight is 249 g/mol. The van der Waals surface area contributed by atoms with E-state index < -0.39 is 9.05 Å². The van der Waals surface area contributed by atoms with Crippen LogP contribution in [0.1, 0.15) is 13.8 Å². The number of aromatic nitrogens is 1. The van der Waals surface area contributed by atoms with Crippen LogP contribution in [0, 0.1) is 0 Å². The number of anilines is 1. The number of rotatable bonds is 4.